The Bertz CT molecular complexity index is 1370. The van der Waals surface area contributed by atoms with Crippen molar-refractivity contribution < 1.29 is 22.1 Å². The van der Waals surface area contributed by atoms with Crippen LogP contribution < -0.4 is 15.6 Å². The van der Waals surface area contributed by atoms with Crippen molar-refractivity contribution in [1.29, 1.82) is 0 Å². The third-order valence-corrected chi connectivity index (χ3v) is 5.49. The zero-order valence-corrected chi connectivity index (χ0v) is 20.5. The van der Waals surface area contributed by atoms with E-state index in [-0.39, 0.29) is 30.7 Å². The van der Waals surface area contributed by atoms with Gasteiger partial charge in [-0.2, -0.15) is 8.42 Å². The van der Waals surface area contributed by atoms with Crippen LogP contribution in [0.3, 0.4) is 0 Å². The zero-order valence-electron chi connectivity index (χ0n) is 19.6. The lowest BCUT2D eigenvalue weighted by Gasteiger charge is -2.16. The Morgan fingerprint density at radius 1 is 1.21 bits per heavy atom. The number of aromatic nitrogens is 2. The molecule has 0 atom stereocenters. The molecule has 0 bridgehead atoms. The summed E-state index contributed by atoms with van der Waals surface area (Å²) in [4.78, 5) is 25.9. The summed E-state index contributed by atoms with van der Waals surface area (Å²) in [5.74, 6) is 0.374. The van der Waals surface area contributed by atoms with Crippen molar-refractivity contribution >= 4 is 27.6 Å². The molecular weight excluding hydrogens is 458 g/mol. The van der Waals surface area contributed by atoms with E-state index >= 15 is 0 Å². The predicted molar refractivity (Wildman–Crippen MR) is 131 cm³/mol. The quantitative estimate of drug-likeness (QED) is 0.348. The fourth-order valence-electron chi connectivity index (χ4n) is 3.49. The van der Waals surface area contributed by atoms with Crippen LogP contribution in [0.5, 0.6) is 5.75 Å². The van der Waals surface area contributed by atoms with Crippen molar-refractivity contribution in [2.24, 2.45) is 0 Å². The van der Waals surface area contributed by atoms with Crippen LogP contribution in [0.25, 0.3) is 22.9 Å². The van der Waals surface area contributed by atoms with Gasteiger partial charge >= 0.3 is 0 Å². The van der Waals surface area contributed by atoms with Crippen LogP contribution in [-0.4, -0.2) is 49.3 Å². The largest absolute Gasteiger partial charge is 0.497 e. The molecule has 0 aliphatic rings. The smallest absolute Gasteiger partial charge is 0.275 e. The van der Waals surface area contributed by atoms with Gasteiger partial charge in [-0.25, -0.2) is 0 Å². The molecule has 0 aliphatic heterocycles. The average molecular weight is 488 g/mol. The number of ether oxygens (including phenoxy) is 1. The number of hydrogen-bond acceptors (Lipinski definition) is 6. The Morgan fingerprint density at radius 2 is 1.97 bits per heavy atom. The maximum atomic E-state index is 13.4. The van der Waals surface area contributed by atoms with Crippen molar-refractivity contribution in [2.45, 2.75) is 32.9 Å². The number of fused-ring (bicyclic) bond motifs is 1. The van der Waals surface area contributed by atoms with Gasteiger partial charge < -0.3 is 14.5 Å². The second kappa shape index (κ2) is 10.7. The Labute approximate surface area is 198 Å². The van der Waals surface area contributed by atoms with E-state index in [1.807, 2.05) is 38.1 Å². The highest BCUT2D eigenvalue weighted by Gasteiger charge is 2.16. The standard InChI is InChI=1S/C24H29N3O6S/c1-17(2)25-23(28)16-27-22(19-9-7-10-20(13-19)32-3)15-26-14-18(12-21(26)24(27)29)8-5-6-11-33-34(4,30)31/h5,7-10,12-15,17H,6,11,16H2,1-4H3,(H,25,28). The van der Waals surface area contributed by atoms with Crippen molar-refractivity contribution in [3.63, 3.8) is 0 Å². The van der Waals surface area contributed by atoms with Crippen LogP contribution >= 0.6 is 0 Å². The minimum Gasteiger partial charge on any atom is -0.497 e. The monoisotopic (exact) mass is 487 g/mol. The lowest BCUT2D eigenvalue weighted by Crippen LogP contribution is -2.36. The number of nitrogens with zero attached hydrogens (tertiary/aromatic N) is 2. The van der Waals surface area contributed by atoms with Crippen LogP contribution in [0.4, 0.5) is 0 Å². The number of amides is 1. The Kier molecular flexibility index (Phi) is 7.95. The molecule has 34 heavy (non-hydrogen) atoms. The molecule has 2 aromatic heterocycles. The van der Waals surface area contributed by atoms with Gasteiger partial charge in [-0.3, -0.25) is 18.3 Å². The van der Waals surface area contributed by atoms with Crippen molar-refractivity contribution in [2.75, 3.05) is 20.0 Å². The molecule has 0 spiro atoms. The molecule has 0 fully saturated rings. The molecule has 0 saturated carbocycles. The Balaban J connectivity index is 2.01. The van der Waals surface area contributed by atoms with E-state index in [4.69, 9.17) is 8.92 Å². The van der Waals surface area contributed by atoms with Crippen LogP contribution in [-0.2, 0) is 25.6 Å². The van der Waals surface area contributed by atoms with Gasteiger partial charge in [-0.1, -0.05) is 24.3 Å². The summed E-state index contributed by atoms with van der Waals surface area (Å²) < 4.78 is 35.3. The summed E-state index contributed by atoms with van der Waals surface area (Å²) in [5, 5.41) is 2.83. The molecule has 1 aromatic carbocycles. The Hall–Kier alpha value is -3.37. The molecule has 1 amide bonds. The minimum absolute atomic E-state index is 0.0421. The van der Waals surface area contributed by atoms with Crippen molar-refractivity contribution in [3.8, 4) is 17.0 Å². The van der Waals surface area contributed by atoms with Crippen molar-refractivity contribution in [3.05, 3.63) is 64.7 Å². The van der Waals surface area contributed by atoms with Crippen LogP contribution in [0, 0.1) is 0 Å². The van der Waals surface area contributed by atoms with Gasteiger partial charge in [0, 0.05) is 24.0 Å². The molecule has 182 valence electrons. The van der Waals surface area contributed by atoms with Gasteiger partial charge in [-0.15, -0.1) is 0 Å². The summed E-state index contributed by atoms with van der Waals surface area (Å²) in [5.41, 5.74) is 2.18. The fraction of sp³-hybridized carbons (Fsp3) is 0.333. The SMILES string of the molecule is COc1cccc(-c2cn3cc(C=CCCOS(C)(=O)=O)cc3c(=O)n2CC(=O)NC(C)C)c1. The topological polar surface area (TPSA) is 108 Å². The second-order valence-corrected chi connectivity index (χ2v) is 9.79. The summed E-state index contributed by atoms with van der Waals surface area (Å²) in [6, 6.07) is 8.97. The summed E-state index contributed by atoms with van der Waals surface area (Å²) >= 11 is 0. The van der Waals surface area contributed by atoms with Crippen LogP contribution in [0.2, 0.25) is 0 Å². The molecule has 0 unspecified atom stereocenters. The predicted octanol–water partition coefficient (Wildman–Crippen LogP) is 2.68. The number of rotatable bonds is 10. The molecule has 3 aromatic rings. The second-order valence-electron chi connectivity index (χ2n) is 8.14. The molecule has 0 radical (unpaired) electrons. The normalized spacial score (nSPS) is 12.0. The fourth-order valence-corrected chi connectivity index (χ4v) is 3.89. The average Bonchev–Trinajstić information content (AvgIpc) is 3.17. The van der Waals surface area contributed by atoms with E-state index < -0.39 is 10.1 Å². The van der Waals surface area contributed by atoms with E-state index in [1.54, 1.807) is 42.1 Å². The van der Waals surface area contributed by atoms with E-state index in [0.717, 1.165) is 17.4 Å². The molecule has 0 aliphatic carbocycles. The maximum absolute atomic E-state index is 13.4. The van der Waals surface area contributed by atoms with Crippen LogP contribution in [0.1, 0.15) is 25.8 Å². The van der Waals surface area contributed by atoms with Gasteiger partial charge in [0.05, 0.1) is 25.7 Å². The number of carbonyl (C=O) groups is 1. The molecular formula is C24H29N3O6S. The third kappa shape index (κ3) is 6.58. The van der Waals surface area contributed by atoms with E-state index in [1.165, 1.54) is 4.57 Å². The highest BCUT2D eigenvalue weighted by Crippen LogP contribution is 2.24. The van der Waals surface area contributed by atoms with E-state index in [0.29, 0.717) is 23.4 Å². The molecule has 3 rings (SSSR count). The summed E-state index contributed by atoms with van der Waals surface area (Å²) in [6.07, 6.45) is 8.57. The highest BCUT2D eigenvalue weighted by atomic mass is 32.2. The molecule has 9 nitrogen and oxygen atoms in total. The Morgan fingerprint density at radius 3 is 2.65 bits per heavy atom. The number of carbonyl (C=O) groups excluding carboxylic acids is 1. The number of nitrogens with one attached hydrogen (secondary N) is 1. The first-order chi connectivity index (χ1) is 16.1. The highest BCUT2D eigenvalue weighted by molar-refractivity contribution is 7.85. The first-order valence-corrected chi connectivity index (χ1v) is 12.6. The van der Waals surface area contributed by atoms with Gasteiger partial charge in [0.1, 0.15) is 17.8 Å². The summed E-state index contributed by atoms with van der Waals surface area (Å²) in [6.45, 7) is 3.64. The molecule has 1 N–H and O–H groups in total. The third-order valence-electron chi connectivity index (χ3n) is 4.90. The zero-order chi connectivity index (χ0) is 24.9. The number of benzene rings is 1. The van der Waals surface area contributed by atoms with Gasteiger partial charge in [0.25, 0.3) is 15.7 Å². The van der Waals surface area contributed by atoms with Gasteiger partial charge in [0.2, 0.25) is 5.91 Å². The first kappa shape index (κ1) is 25.3. The molecule has 2 heterocycles. The maximum Gasteiger partial charge on any atom is 0.275 e. The number of methoxy groups -OCH3 is 1. The molecule has 0 saturated heterocycles. The summed E-state index contributed by atoms with van der Waals surface area (Å²) in [7, 11) is -1.91. The van der Waals surface area contributed by atoms with Gasteiger partial charge in [-0.05, 0) is 44.0 Å². The lowest BCUT2D eigenvalue weighted by atomic mass is 10.1. The minimum atomic E-state index is -3.48. The van der Waals surface area contributed by atoms with Crippen molar-refractivity contribution in [1.82, 2.24) is 14.3 Å². The first-order valence-electron chi connectivity index (χ1n) is 10.8. The molecule has 10 heteroatoms. The van der Waals surface area contributed by atoms with Crippen LogP contribution in [0.15, 0.2) is 53.6 Å². The van der Waals surface area contributed by atoms with Gasteiger partial charge in [0.15, 0.2) is 0 Å². The number of hydrogen-bond donors (Lipinski definition) is 1. The van der Waals surface area contributed by atoms with E-state index in [9.17, 15) is 18.0 Å². The van der Waals surface area contributed by atoms with E-state index in [2.05, 4.69) is 5.32 Å². The lowest BCUT2D eigenvalue weighted by molar-refractivity contribution is -0.122.